The molecule has 1 unspecified atom stereocenters. The maximum absolute atomic E-state index is 12.4. The summed E-state index contributed by atoms with van der Waals surface area (Å²) in [5, 5.41) is 1.81. The van der Waals surface area contributed by atoms with Crippen LogP contribution in [0.25, 0.3) is 0 Å². The molecule has 2 atom stereocenters. The van der Waals surface area contributed by atoms with E-state index < -0.39 is 0 Å². The van der Waals surface area contributed by atoms with Gasteiger partial charge in [0.25, 0.3) is 5.91 Å². The van der Waals surface area contributed by atoms with Gasteiger partial charge < -0.3 is 4.90 Å². The fraction of sp³-hybridized carbons (Fsp3) is 0.467. The number of aromatic nitrogens is 3. The average Bonchev–Trinajstić information content (AvgIpc) is 3.09. The number of thiazole rings is 1. The van der Waals surface area contributed by atoms with E-state index in [1.165, 1.54) is 11.3 Å². The SMILES string of the molecule is CC(c1ncccn1)N1CCN(C(=O)c2cscn2)[C@@H](C)C1. The minimum Gasteiger partial charge on any atom is -0.332 e. The van der Waals surface area contributed by atoms with E-state index in [9.17, 15) is 4.79 Å². The van der Waals surface area contributed by atoms with Crippen molar-refractivity contribution in [2.75, 3.05) is 19.6 Å². The Morgan fingerprint density at radius 1 is 1.32 bits per heavy atom. The molecule has 3 rings (SSSR count). The smallest absolute Gasteiger partial charge is 0.273 e. The molecule has 0 radical (unpaired) electrons. The van der Waals surface area contributed by atoms with E-state index >= 15 is 0 Å². The molecule has 1 amide bonds. The van der Waals surface area contributed by atoms with Gasteiger partial charge in [-0.15, -0.1) is 11.3 Å². The van der Waals surface area contributed by atoms with Gasteiger partial charge in [0, 0.05) is 43.4 Å². The maximum Gasteiger partial charge on any atom is 0.273 e. The molecule has 6 nitrogen and oxygen atoms in total. The molecule has 2 aromatic rings. The van der Waals surface area contributed by atoms with Crippen molar-refractivity contribution in [3.05, 3.63) is 40.9 Å². The molecule has 22 heavy (non-hydrogen) atoms. The van der Waals surface area contributed by atoms with E-state index in [-0.39, 0.29) is 18.0 Å². The number of amides is 1. The molecular weight excluding hydrogens is 298 g/mol. The zero-order valence-corrected chi connectivity index (χ0v) is 13.5. The number of piperazine rings is 1. The summed E-state index contributed by atoms with van der Waals surface area (Å²) in [6.45, 7) is 6.53. The van der Waals surface area contributed by atoms with Crippen LogP contribution >= 0.6 is 11.3 Å². The van der Waals surface area contributed by atoms with Crippen LogP contribution in [-0.2, 0) is 0 Å². The topological polar surface area (TPSA) is 62.2 Å². The highest BCUT2D eigenvalue weighted by Gasteiger charge is 2.31. The Kier molecular flexibility index (Phi) is 4.44. The third-order valence-electron chi connectivity index (χ3n) is 4.08. The Labute approximate surface area is 133 Å². The van der Waals surface area contributed by atoms with Crippen LogP contribution < -0.4 is 0 Å². The third kappa shape index (κ3) is 3.00. The van der Waals surface area contributed by atoms with Gasteiger partial charge in [-0.1, -0.05) is 0 Å². The van der Waals surface area contributed by atoms with Crippen LogP contribution in [0.3, 0.4) is 0 Å². The number of carbonyl (C=O) groups is 1. The van der Waals surface area contributed by atoms with Crippen molar-refractivity contribution in [3.63, 3.8) is 0 Å². The summed E-state index contributed by atoms with van der Waals surface area (Å²) >= 11 is 1.45. The molecule has 116 valence electrons. The molecule has 0 saturated carbocycles. The average molecular weight is 317 g/mol. The molecule has 0 bridgehead atoms. The third-order valence-corrected chi connectivity index (χ3v) is 4.66. The lowest BCUT2D eigenvalue weighted by atomic mass is 10.1. The molecular formula is C15H19N5OS. The number of carbonyl (C=O) groups excluding carboxylic acids is 1. The second-order valence-corrected chi connectivity index (χ2v) is 6.22. The largest absolute Gasteiger partial charge is 0.332 e. The molecule has 1 saturated heterocycles. The molecule has 0 aromatic carbocycles. The lowest BCUT2D eigenvalue weighted by Gasteiger charge is -2.41. The molecule has 7 heteroatoms. The minimum atomic E-state index is 0.0250. The van der Waals surface area contributed by atoms with E-state index in [2.05, 4.69) is 33.7 Å². The van der Waals surface area contributed by atoms with Crippen molar-refractivity contribution >= 4 is 17.2 Å². The van der Waals surface area contributed by atoms with Gasteiger partial charge in [-0.3, -0.25) is 9.69 Å². The molecule has 3 heterocycles. The normalized spacial score (nSPS) is 20.8. The second kappa shape index (κ2) is 6.50. The van der Waals surface area contributed by atoms with Crippen LogP contribution in [-0.4, -0.2) is 56.3 Å². The minimum absolute atomic E-state index is 0.0250. The summed E-state index contributed by atoms with van der Waals surface area (Å²) in [7, 11) is 0. The first-order chi connectivity index (χ1) is 10.7. The number of nitrogens with zero attached hydrogens (tertiary/aromatic N) is 5. The summed E-state index contributed by atoms with van der Waals surface area (Å²) in [5.74, 6) is 0.853. The second-order valence-electron chi connectivity index (χ2n) is 5.50. The summed E-state index contributed by atoms with van der Waals surface area (Å²) in [6.07, 6.45) is 3.54. The van der Waals surface area contributed by atoms with E-state index in [4.69, 9.17) is 0 Å². The Bertz CT molecular complexity index is 618. The molecule has 1 fully saturated rings. The molecule has 0 spiro atoms. The van der Waals surface area contributed by atoms with Gasteiger partial charge in [-0.05, 0) is 19.9 Å². The van der Waals surface area contributed by atoms with E-state index in [0.717, 1.165) is 18.9 Å². The van der Waals surface area contributed by atoms with Gasteiger partial charge in [-0.25, -0.2) is 15.0 Å². The fourth-order valence-corrected chi connectivity index (χ4v) is 3.32. The Morgan fingerprint density at radius 3 is 2.73 bits per heavy atom. The van der Waals surface area contributed by atoms with Crippen LogP contribution in [0.2, 0.25) is 0 Å². The van der Waals surface area contributed by atoms with Crippen LogP contribution in [0.4, 0.5) is 0 Å². The fourth-order valence-electron chi connectivity index (χ4n) is 2.79. The Balaban J connectivity index is 1.66. The van der Waals surface area contributed by atoms with Crippen molar-refractivity contribution < 1.29 is 4.79 Å². The van der Waals surface area contributed by atoms with Gasteiger partial charge in [-0.2, -0.15) is 0 Å². The first kappa shape index (κ1) is 15.1. The first-order valence-corrected chi connectivity index (χ1v) is 8.31. The van der Waals surface area contributed by atoms with Crippen LogP contribution in [0, 0.1) is 0 Å². The Morgan fingerprint density at radius 2 is 2.09 bits per heavy atom. The molecule has 1 aliphatic rings. The number of hydrogen-bond acceptors (Lipinski definition) is 6. The highest BCUT2D eigenvalue weighted by atomic mass is 32.1. The number of rotatable bonds is 3. The summed E-state index contributed by atoms with van der Waals surface area (Å²) < 4.78 is 0. The molecule has 0 aliphatic carbocycles. The van der Waals surface area contributed by atoms with Gasteiger partial charge in [0.05, 0.1) is 11.6 Å². The molecule has 0 N–H and O–H groups in total. The Hall–Kier alpha value is -1.86. The van der Waals surface area contributed by atoms with Crippen molar-refractivity contribution in [1.82, 2.24) is 24.8 Å². The monoisotopic (exact) mass is 317 g/mol. The predicted octanol–water partition coefficient (Wildman–Crippen LogP) is 1.84. The first-order valence-electron chi connectivity index (χ1n) is 7.37. The molecule has 2 aromatic heterocycles. The van der Waals surface area contributed by atoms with E-state index in [1.807, 2.05) is 16.3 Å². The van der Waals surface area contributed by atoms with Crippen LogP contribution in [0.15, 0.2) is 29.4 Å². The lowest BCUT2D eigenvalue weighted by molar-refractivity contribution is 0.0392. The van der Waals surface area contributed by atoms with Gasteiger partial charge in [0.1, 0.15) is 11.5 Å². The standard InChI is InChI=1S/C15H19N5OS/c1-11-8-19(12(2)14-16-4-3-5-17-14)6-7-20(11)15(21)13-9-22-10-18-13/h3-5,9-12H,6-8H2,1-2H3/t11-,12?/m0/s1. The van der Waals surface area contributed by atoms with Crippen molar-refractivity contribution in [1.29, 1.82) is 0 Å². The van der Waals surface area contributed by atoms with E-state index in [0.29, 0.717) is 12.2 Å². The molecule has 1 aliphatic heterocycles. The summed E-state index contributed by atoms with van der Waals surface area (Å²) in [5.41, 5.74) is 2.24. The zero-order valence-electron chi connectivity index (χ0n) is 12.7. The van der Waals surface area contributed by atoms with Gasteiger partial charge in [0.2, 0.25) is 0 Å². The quantitative estimate of drug-likeness (QED) is 0.864. The predicted molar refractivity (Wildman–Crippen MR) is 84.6 cm³/mol. The van der Waals surface area contributed by atoms with Crippen LogP contribution in [0.5, 0.6) is 0 Å². The van der Waals surface area contributed by atoms with Crippen molar-refractivity contribution in [3.8, 4) is 0 Å². The van der Waals surface area contributed by atoms with Crippen molar-refractivity contribution in [2.24, 2.45) is 0 Å². The summed E-state index contributed by atoms with van der Waals surface area (Å²) in [4.78, 5) is 29.5. The van der Waals surface area contributed by atoms with E-state index in [1.54, 1.807) is 17.9 Å². The maximum atomic E-state index is 12.4. The van der Waals surface area contributed by atoms with Crippen LogP contribution in [0.1, 0.15) is 36.2 Å². The highest BCUT2D eigenvalue weighted by Crippen LogP contribution is 2.22. The highest BCUT2D eigenvalue weighted by molar-refractivity contribution is 7.07. The van der Waals surface area contributed by atoms with Gasteiger partial charge >= 0.3 is 0 Å². The number of hydrogen-bond donors (Lipinski definition) is 0. The van der Waals surface area contributed by atoms with Gasteiger partial charge in [0.15, 0.2) is 0 Å². The lowest BCUT2D eigenvalue weighted by Crippen LogP contribution is -2.54. The summed E-state index contributed by atoms with van der Waals surface area (Å²) in [6, 6.07) is 2.12. The van der Waals surface area contributed by atoms with Crippen molar-refractivity contribution in [2.45, 2.75) is 25.9 Å². The zero-order chi connectivity index (χ0) is 15.5.